The maximum Gasteiger partial charge on any atom is 0.339 e. The van der Waals surface area contributed by atoms with E-state index in [9.17, 15) is 4.79 Å². The smallest absolute Gasteiger partial charge is 0.339 e. The highest BCUT2D eigenvalue weighted by atomic mass is 16.5. The lowest BCUT2D eigenvalue weighted by atomic mass is 10.2. The molecule has 1 heterocycles. The van der Waals surface area contributed by atoms with Crippen LogP contribution in [0, 0.1) is 6.92 Å². The minimum Gasteiger partial charge on any atom is -0.493 e. The molecule has 2 rings (SSSR count). The predicted octanol–water partition coefficient (Wildman–Crippen LogP) is 1.96. The number of ether oxygens (including phenoxy) is 2. The molecule has 0 aliphatic rings. The molecule has 1 aromatic heterocycles. The predicted molar refractivity (Wildman–Crippen MR) is 72.6 cm³/mol. The number of hydrogen-bond donors (Lipinski definition) is 1. The second-order valence-corrected chi connectivity index (χ2v) is 4.30. The highest BCUT2D eigenvalue weighted by molar-refractivity contribution is 5.88. The van der Waals surface area contributed by atoms with Crippen molar-refractivity contribution in [3.05, 3.63) is 41.2 Å². The van der Waals surface area contributed by atoms with E-state index in [0.29, 0.717) is 23.7 Å². The van der Waals surface area contributed by atoms with Crippen molar-refractivity contribution < 1.29 is 19.4 Å². The Bertz CT molecular complexity index is 634. The minimum atomic E-state index is -0.971. The summed E-state index contributed by atoms with van der Waals surface area (Å²) in [6.45, 7) is 2.21. The first kappa shape index (κ1) is 13.9. The second kappa shape index (κ2) is 5.64. The number of carboxylic acid groups (broad SMARTS) is 1. The molecule has 0 radical (unpaired) electrons. The van der Waals surface area contributed by atoms with Gasteiger partial charge in [-0.15, -0.1) is 0 Å². The second-order valence-electron chi connectivity index (χ2n) is 4.30. The summed E-state index contributed by atoms with van der Waals surface area (Å²) in [5.41, 5.74) is 1.78. The zero-order chi connectivity index (χ0) is 14.7. The highest BCUT2D eigenvalue weighted by Gasteiger charge is 2.13. The Hall–Kier alpha value is -2.50. The number of rotatable bonds is 5. The molecule has 0 unspecified atom stereocenters. The van der Waals surface area contributed by atoms with E-state index in [-0.39, 0.29) is 5.56 Å². The largest absolute Gasteiger partial charge is 0.493 e. The Balaban J connectivity index is 2.28. The monoisotopic (exact) mass is 276 g/mol. The third kappa shape index (κ3) is 2.59. The number of benzene rings is 1. The molecule has 1 aromatic carbocycles. The van der Waals surface area contributed by atoms with Crippen LogP contribution < -0.4 is 9.47 Å². The van der Waals surface area contributed by atoms with Gasteiger partial charge in [-0.25, -0.2) is 4.79 Å². The lowest BCUT2D eigenvalue weighted by Crippen LogP contribution is -2.06. The van der Waals surface area contributed by atoms with Gasteiger partial charge in [0.05, 0.1) is 32.7 Å². The van der Waals surface area contributed by atoms with E-state index < -0.39 is 5.97 Å². The first-order chi connectivity index (χ1) is 9.56. The molecule has 106 valence electrons. The van der Waals surface area contributed by atoms with Gasteiger partial charge >= 0.3 is 5.97 Å². The summed E-state index contributed by atoms with van der Waals surface area (Å²) < 4.78 is 12.1. The average molecular weight is 276 g/mol. The summed E-state index contributed by atoms with van der Waals surface area (Å²) in [6, 6.07) is 5.55. The molecule has 0 saturated heterocycles. The van der Waals surface area contributed by atoms with Crippen LogP contribution in [0.25, 0.3) is 0 Å². The zero-order valence-electron chi connectivity index (χ0n) is 11.6. The quantitative estimate of drug-likeness (QED) is 0.903. The fourth-order valence-corrected chi connectivity index (χ4v) is 1.97. The van der Waals surface area contributed by atoms with Gasteiger partial charge in [0.25, 0.3) is 0 Å². The maximum atomic E-state index is 11.0. The molecule has 0 spiro atoms. The average Bonchev–Trinajstić information content (AvgIpc) is 2.80. The molecule has 2 aromatic rings. The van der Waals surface area contributed by atoms with Gasteiger partial charge in [-0.3, -0.25) is 4.68 Å². The third-order valence-corrected chi connectivity index (χ3v) is 3.11. The normalized spacial score (nSPS) is 10.3. The Morgan fingerprint density at radius 2 is 2.00 bits per heavy atom. The lowest BCUT2D eigenvalue weighted by molar-refractivity contribution is 0.0696. The van der Waals surface area contributed by atoms with Crippen LogP contribution in [-0.2, 0) is 6.54 Å². The van der Waals surface area contributed by atoms with Gasteiger partial charge in [-0.2, -0.15) is 5.10 Å². The van der Waals surface area contributed by atoms with Crippen LogP contribution in [0.2, 0.25) is 0 Å². The standard InChI is InChI=1S/C14H16N2O4/c1-9-11(14(17)18)7-15-16(9)8-10-4-5-12(19-2)13(6-10)20-3/h4-7H,8H2,1-3H3,(H,17,18). The van der Waals surface area contributed by atoms with E-state index in [4.69, 9.17) is 14.6 Å². The molecular weight excluding hydrogens is 260 g/mol. The van der Waals surface area contributed by atoms with Crippen LogP contribution in [0.1, 0.15) is 21.6 Å². The van der Waals surface area contributed by atoms with Crippen molar-refractivity contribution in [2.24, 2.45) is 0 Å². The first-order valence-electron chi connectivity index (χ1n) is 6.03. The van der Waals surface area contributed by atoms with Crippen molar-refractivity contribution in [2.75, 3.05) is 14.2 Å². The Labute approximate surface area is 116 Å². The molecule has 1 N–H and O–H groups in total. The fourth-order valence-electron chi connectivity index (χ4n) is 1.97. The molecule has 0 amide bonds. The Morgan fingerprint density at radius 1 is 1.30 bits per heavy atom. The number of methoxy groups -OCH3 is 2. The van der Waals surface area contributed by atoms with E-state index >= 15 is 0 Å². The topological polar surface area (TPSA) is 73.6 Å². The van der Waals surface area contributed by atoms with E-state index in [2.05, 4.69) is 5.10 Å². The molecular formula is C14H16N2O4. The van der Waals surface area contributed by atoms with Gasteiger partial charge in [-0.1, -0.05) is 6.07 Å². The highest BCUT2D eigenvalue weighted by Crippen LogP contribution is 2.28. The number of carbonyl (C=O) groups is 1. The van der Waals surface area contributed by atoms with E-state index in [0.717, 1.165) is 5.56 Å². The van der Waals surface area contributed by atoms with E-state index in [1.165, 1.54) is 6.20 Å². The minimum absolute atomic E-state index is 0.213. The fraction of sp³-hybridized carbons (Fsp3) is 0.286. The summed E-state index contributed by atoms with van der Waals surface area (Å²) in [5.74, 6) is 0.314. The van der Waals surface area contributed by atoms with Gasteiger partial charge in [-0.05, 0) is 24.6 Å². The molecule has 0 aliphatic heterocycles. The van der Waals surface area contributed by atoms with Crippen LogP contribution in [0.15, 0.2) is 24.4 Å². The van der Waals surface area contributed by atoms with Gasteiger partial charge < -0.3 is 14.6 Å². The van der Waals surface area contributed by atoms with Crippen molar-refractivity contribution >= 4 is 5.97 Å². The Morgan fingerprint density at radius 3 is 2.55 bits per heavy atom. The summed E-state index contributed by atoms with van der Waals surface area (Å²) in [6.07, 6.45) is 1.36. The van der Waals surface area contributed by atoms with Crippen molar-refractivity contribution in [3.63, 3.8) is 0 Å². The molecule has 0 aliphatic carbocycles. The maximum absolute atomic E-state index is 11.0. The van der Waals surface area contributed by atoms with Crippen LogP contribution in [0.5, 0.6) is 11.5 Å². The number of carboxylic acids is 1. The first-order valence-corrected chi connectivity index (χ1v) is 6.03. The van der Waals surface area contributed by atoms with Gasteiger partial charge in [0.1, 0.15) is 5.56 Å². The zero-order valence-corrected chi connectivity index (χ0v) is 11.6. The summed E-state index contributed by atoms with van der Waals surface area (Å²) in [7, 11) is 3.15. The SMILES string of the molecule is COc1ccc(Cn2ncc(C(=O)O)c2C)cc1OC. The number of aromatic carboxylic acids is 1. The Kier molecular flexibility index (Phi) is 3.93. The number of nitrogens with zero attached hydrogens (tertiary/aromatic N) is 2. The number of hydrogen-bond acceptors (Lipinski definition) is 4. The van der Waals surface area contributed by atoms with Crippen molar-refractivity contribution in [1.82, 2.24) is 9.78 Å². The van der Waals surface area contributed by atoms with Gasteiger partial charge in [0.15, 0.2) is 11.5 Å². The van der Waals surface area contributed by atoms with E-state index in [1.54, 1.807) is 25.8 Å². The molecule has 20 heavy (non-hydrogen) atoms. The summed E-state index contributed by atoms with van der Waals surface area (Å²) >= 11 is 0. The van der Waals surface area contributed by atoms with Crippen LogP contribution in [0.4, 0.5) is 0 Å². The summed E-state index contributed by atoms with van der Waals surface area (Å²) in [5, 5.41) is 13.1. The van der Waals surface area contributed by atoms with Crippen LogP contribution in [0.3, 0.4) is 0 Å². The van der Waals surface area contributed by atoms with Crippen molar-refractivity contribution in [2.45, 2.75) is 13.5 Å². The van der Waals surface area contributed by atoms with Gasteiger partial charge in [0, 0.05) is 0 Å². The van der Waals surface area contributed by atoms with Gasteiger partial charge in [0.2, 0.25) is 0 Å². The summed E-state index contributed by atoms with van der Waals surface area (Å²) in [4.78, 5) is 11.0. The van der Waals surface area contributed by atoms with Crippen molar-refractivity contribution in [3.8, 4) is 11.5 Å². The molecule has 0 bridgehead atoms. The molecule has 6 heteroatoms. The number of aromatic nitrogens is 2. The lowest BCUT2D eigenvalue weighted by Gasteiger charge is -2.10. The molecule has 0 saturated carbocycles. The van der Waals surface area contributed by atoms with Crippen LogP contribution in [-0.4, -0.2) is 35.1 Å². The molecule has 0 atom stereocenters. The molecule has 6 nitrogen and oxygen atoms in total. The van der Waals surface area contributed by atoms with E-state index in [1.807, 2.05) is 18.2 Å². The van der Waals surface area contributed by atoms with Crippen molar-refractivity contribution in [1.29, 1.82) is 0 Å². The molecule has 0 fully saturated rings. The van der Waals surface area contributed by atoms with Crippen LogP contribution >= 0.6 is 0 Å². The third-order valence-electron chi connectivity index (χ3n) is 3.11.